The zero-order chi connectivity index (χ0) is 13.2. The number of benzene rings is 1. The zero-order valence-electron chi connectivity index (χ0n) is 11.7. The van der Waals surface area contributed by atoms with Gasteiger partial charge in [0.15, 0.2) is 0 Å². The van der Waals surface area contributed by atoms with Crippen molar-refractivity contribution in [2.75, 3.05) is 33.5 Å². The van der Waals surface area contributed by atoms with Crippen molar-refractivity contribution in [1.29, 1.82) is 0 Å². The van der Waals surface area contributed by atoms with Gasteiger partial charge < -0.3 is 14.8 Å². The minimum absolute atomic E-state index is 0.368. The molecule has 3 nitrogen and oxygen atoms in total. The second-order valence-electron chi connectivity index (χ2n) is 4.45. The number of aryl methyl sites for hydroxylation is 1. The molecule has 1 atom stereocenters. The summed E-state index contributed by atoms with van der Waals surface area (Å²) >= 11 is 0. The average molecular weight is 251 g/mol. The highest BCUT2D eigenvalue weighted by atomic mass is 16.5. The molecule has 0 saturated heterocycles. The van der Waals surface area contributed by atoms with Crippen molar-refractivity contribution >= 4 is 0 Å². The van der Waals surface area contributed by atoms with Gasteiger partial charge in [-0.1, -0.05) is 31.2 Å². The predicted molar refractivity (Wildman–Crippen MR) is 75.0 cm³/mol. The molecule has 102 valence electrons. The van der Waals surface area contributed by atoms with Crippen LogP contribution in [0.15, 0.2) is 24.3 Å². The van der Waals surface area contributed by atoms with Gasteiger partial charge in [-0.3, -0.25) is 0 Å². The number of methoxy groups -OCH3 is 1. The molecule has 0 aromatic heterocycles. The molecule has 0 radical (unpaired) electrons. The molecule has 1 rings (SSSR count). The molecular weight excluding hydrogens is 226 g/mol. The van der Waals surface area contributed by atoms with E-state index in [0.717, 1.165) is 19.6 Å². The second-order valence-corrected chi connectivity index (χ2v) is 4.45. The highest BCUT2D eigenvalue weighted by Gasteiger charge is 2.09. The summed E-state index contributed by atoms with van der Waals surface area (Å²) in [5, 5.41) is 3.47. The van der Waals surface area contributed by atoms with Crippen LogP contribution in [0.3, 0.4) is 0 Å². The Morgan fingerprint density at radius 3 is 2.67 bits per heavy atom. The molecule has 0 spiro atoms. The van der Waals surface area contributed by atoms with Crippen molar-refractivity contribution in [1.82, 2.24) is 5.32 Å². The van der Waals surface area contributed by atoms with Crippen LogP contribution < -0.4 is 5.32 Å². The van der Waals surface area contributed by atoms with Crippen molar-refractivity contribution in [2.24, 2.45) is 0 Å². The monoisotopic (exact) mass is 251 g/mol. The topological polar surface area (TPSA) is 30.5 Å². The summed E-state index contributed by atoms with van der Waals surface area (Å²) in [6.45, 7) is 7.29. The van der Waals surface area contributed by atoms with E-state index >= 15 is 0 Å². The summed E-state index contributed by atoms with van der Waals surface area (Å²) < 4.78 is 10.6. The number of nitrogens with one attached hydrogen (secondary N) is 1. The third-order valence-electron chi connectivity index (χ3n) is 2.97. The summed E-state index contributed by atoms with van der Waals surface area (Å²) in [6, 6.07) is 8.89. The average Bonchev–Trinajstić information content (AvgIpc) is 2.37. The van der Waals surface area contributed by atoms with E-state index in [0.29, 0.717) is 19.3 Å². The van der Waals surface area contributed by atoms with Gasteiger partial charge in [-0.2, -0.15) is 0 Å². The van der Waals surface area contributed by atoms with Crippen LogP contribution in [0.4, 0.5) is 0 Å². The zero-order valence-corrected chi connectivity index (χ0v) is 11.7. The van der Waals surface area contributed by atoms with E-state index < -0.39 is 0 Å². The fourth-order valence-corrected chi connectivity index (χ4v) is 1.95. The molecule has 1 unspecified atom stereocenters. The van der Waals surface area contributed by atoms with Gasteiger partial charge in [-0.25, -0.2) is 0 Å². The Kier molecular flexibility index (Phi) is 7.65. The largest absolute Gasteiger partial charge is 0.382 e. The van der Waals surface area contributed by atoms with Crippen molar-refractivity contribution in [3.8, 4) is 0 Å². The van der Waals surface area contributed by atoms with E-state index in [9.17, 15) is 0 Å². The molecule has 1 N–H and O–H groups in total. The number of likely N-dealkylation sites (N-methyl/N-ethyl adjacent to an activating group) is 1. The van der Waals surface area contributed by atoms with Crippen LogP contribution in [-0.4, -0.2) is 39.5 Å². The molecule has 0 bridgehead atoms. The molecule has 1 aromatic carbocycles. The minimum atomic E-state index is 0.368. The molecule has 0 saturated carbocycles. The van der Waals surface area contributed by atoms with E-state index in [4.69, 9.17) is 9.47 Å². The lowest BCUT2D eigenvalue weighted by molar-refractivity contribution is 0.0589. The second kappa shape index (κ2) is 9.09. The lowest BCUT2D eigenvalue weighted by Gasteiger charge is -2.19. The maximum Gasteiger partial charge on any atom is 0.0701 e. The molecule has 0 heterocycles. The first-order valence-corrected chi connectivity index (χ1v) is 6.62. The molecule has 3 heteroatoms. The predicted octanol–water partition coefficient (Wildman–Crippen LogP) is 2.18. The number of ether oxygens (including phenoxy) is 2. The Morgan fingerprint density at radius 2 is 2.00 bits per heavy atom. The molecule has 0 amide bonds. The van der Waals surface area contributed by atoms with Crippen molar-refractivity contribution < 1.29 is 9.47 Å². The van der Waals surface area contributed by atoms with Crippen molar-refractivity contribution in [3.05, 3.63) is 35.4 Å². The standard InChI is InChI=1S/C15H25NO2/c1-4-16-15(12-18-10-9-17-3)11-14-8-6-5-7-13(14)2/h5-8,15-16H,4,9-12H2,1-3H3. The van der Waals surface area contributed by atoms with Gasteiger partial charge in [-0.15, -0.1) is 0 Å². The fraction of sp³-hybridized carbons (Fsp3) is 0.600. The lowest BCUT2D eigenvalue weighted by Crippen LogP contribution is -2.35. The van der Waals surface area contributed by atoms with Gasteiger partial charge in [0.05, 0.1) is 19.8 Å². The Bertz CT molecular complexity index is 328. The van der Waals surface area contributed by atoms with E-state index in [-0.39, 0.29) is 0 Å². The lowest BCUT2D eigenvalue weighted by atomic mass is 10.0. The Morgan fingerprint density at radius 1 is 1.22 bits per heavy atom. The van der Waals surface area contributed by atoms with Gasteiger partial charge in [-0.05, 0) is 31.0 Å². The summed E-state index contributed by atoms with van der Waals surface area (Å²) in [5.41, 5.74) is 2.73. The molecule has 0 aliphatic rings. The Labute approximate surface area is 110 Å². The highest BCUT2D eigenvalue weighted by molar-refractivity contribution is 5.26. The van der Waals surface area contributed by atoms with E-state index in [2.05, 4.69) is 43.4 Å². The van der Waals surface area contributed by atoms with Crippen LogP contribution in [0.1, 0.15) is 18.1 Å². The molecular formula is C15H25NO2. The Balaban J connectivity index is 2.44. The molecule has 0 fully saturated rings. The maximum atomic E-state index is 5.61. The first kappa shape index (κ1) is 15.2. The molecule has 1 aromatic rings. The molecule has 0 aliphatic carbocycles. The van der Waals surface area contributed by atoms with E-state index in [1.165, 1.54) is 11.1 Å². The summed E-state index contributed by atoms with van der Waals surface area (Å²) in [4.78, 5) is 0. The normalized spacial score (nSPS) is 12.6. The molecule has 0 aliphatic heterocycles. The number of rotatable bonds is 9. The smallest absolute Gasteiger partial charge is 0.0701 e. The van der Waals surface area contributed by atoms with Crippen LogP contribution in [0.25, 0.3) is 0 Å². The minimum Gasteiger partial charge on any atom is -0.382 e. The van der Waals surface area contributed by atoms with Crippen LogP contribution >= 0.6 is 0 Å². The van der Waals surface area contributed by atoms with Crippen molar-refractivity contribution in [2.45, 2.75) is 26.3 Å². The third-order valence-corrected chi connectivity index (χ3v) is 2.97. The Hall–Kier alpha value is -0.900. The van der Waals surface area contributed by atoms with Gasteiger partial charge in [0.2, 0.25) is 0 Å². The van der Waals surface area contributed by atoms with Crippen molar-refractivity contribution in [3.63, 3.8) is 0 Å². The fourth-order valence-electron chi connectivity index (χ4n) is 1.95. The van der Waals surface area contributed by atoms with E-state index in [1.54, 1.807) is 7.11 Å². The third kappa shape index (κ3) is 5.63. The first-order chi connectivity index (χ1) is 8.77. The van der Waals surface area contributed by atoms with Crippen LogP contribution in [0.5, 0.6) is 0 Å². The summed E-state index contributed by atoms with van der Waals surface area (Å²) in [6.07, 6.45) is 1.01. The van der Waals surface area contributed by atoms with Gasteiger partial charge in [0.1, 0.15) is 0 Å². The van der Waals surface area contributed by atoms with Crippen LogP contribution in [0, 0.1) is 6.92 Å². The highest BCUT2D eigenvalue weighted by Crippen LogP contribution is 2.10. The van der Waals surface area contributed by atoms with Gasteiger partial charge >= 0.3 is 0 Å². The van der Waals surface area contributed by atoms with E-state index in [1.807, 2.05) is 0 Å². The number of hydrogen-bond acceptors (Lipinski definition) is 3. The first-order valence-electron chi connectivity index (χ1n) is 6.62. The molecule has 18 heavy (non-hydrogen) atoms. The van der Waals surface area contributed by atoms with Gasteiger partial charge in [0.25, 0.3) is 0 Å². The van der Waals surface area contributed by atoms with Gasteiger partial charge in [0, 0.05) is 13.2 Å². The number of hydrogen-bond donors (Lipinski definition) is 1. The van der Waals surface area contributed by atoms with Crippen LogP contribution in [-0.2, 0) is 15.9 Å². The maximum absolute atomic E-state index is 5.61. The SMILES string of the molecule is CCNC(COCCOC)Cc1ccccc1C. The summed E-state index contributed by atoms with van der Waals surface area (Å²) in [7, 11) is 1.69. The quantitative estimate of drug-likeness (QED) is 0.682. The van der Waals surface area contributed by atoms with Crippen LogP contribution in [0.2, 0.25) is 0 Å². The summed E-state index contributed by atoms with van der Waals surface area (Å²) in [5.74, 6) is 0.